The molecule has 2 rings (SSSR count). The molecule has 1 saturated heterocycles. The fraction of sp³-hybridized carbons (Fsp3) is 0.462. The molecule has 1 aromatic heterocycles. The highest BCUT2D eigenvalue weighted by molar-refractivity contribution is 5.83. The third-order valence-corrected chi connectivity index (χ3v) is 3.22. The number of rotatable bonds is 3. The summed E-state index contributed by atoms with van der Waals surface area (Å²) in [5.74, 6) is -0.163. The SMILES string of the molecule is COC(=O)CN1CC[C@H](c2cccnc2)CC1=O. The molecular formula is C13H16N2O3. The summed E-state index contributed by atoms with van der Waals surface area (Å²) in [5.41, 5.74) is 1.09. The molecule has 0 unspecified atom stereocenters. The molecule has 5 heteroatoms. The van der Waals surface area contributed by atoms with Crippen LogP contribution in [0.4, 0.5) is 0 Å². The molecule has 1 aromatic rings. The summed E-state index contributed by atoms with van der Waals surface area (Å²) in [5, 5.41) is 0. The number of likely N-dealkylation sites (tertiary alicyclic amines) is 1. The van der Waals surface area contributed by atoms with Crippen molar-refractivity contribution in [1.82, 2.24) is 9.88 Å². The quantitative estimate of drug-likeness (QED) is 0.748. The first-order valence-electron chi connectivity index (χ1n) is 5.95. The van der Waals surface area contributed by atoms with Gasteiger partial charge < -0.3 is 9.64 Å². The summed E-state index contributed by atoms with van der Waals surface area (Å²) in [6.45, 7) is 0.641. The lowest BCUT2D eigenvalue weighted by atomic mass is 9.90. The molecule has 5 nitrogen and oxygen atoms in total. The Hall–Kier alpha value is -1.91. The zero-order chi connectivity index (χ0) is 13.0. The van der Waals surface area contributed by atoms with E-state index in [-0.39, 0.29) is 24.3 Å². The minimum absolute atomic E-state index is 0.000466. The largest absolute Gasteiger partial charge is 0.468 e. The molecule has 0 saturated carbocycles. The van der Waals surface area contributed by atoms with Crippen LogP contribution in [0.15, 0.2) is 24.5 Å². The molecule has 0 radical (unpaired) electrons. The Bertz CT molecular complexity index is 433. The Morgan fingerprint density at radius 1 is 1.61 bits per heavy atom. The van der Waals surface area contributed by atoms with Crippen molar-refractivity contribution in [3.05, 3.63) is 30.1 Å². The number of carbonyl (C=O) groups excluding carboxylic acids is 2. The van der Waals surface area contributed by atoms with Gasteiger partial charge in [0.2, 0.25) is 5.91 Å². The molecule has 1 atom stereocenters. The number of methoxy groups -OCH3 is 1. The number of pyridine rings is 1. The Labute approximate surface area is 106 Å². The van der Waals surface area contributed by atoms with Gasteiger partial charge in [-0.25, -0.2) is 0 Å². The van der Waals surface area contributed by atoms with Crippen LogP contribution < -0.4 is 0 Å². The first-order chi connectivity index (χ1) is 8.70. The molecule has 0 aliphatic carbocycles. The van der Waals surface area contributed by atoms with Gasteiger partial charge in [-0.15, -0.1) is 0 Å². The molecule has 1 aliphatic heterocycles. The number of hydrogen-bond acceptors (Lipinski definition) is 4. The molecule has 0 spiro atoms. The van der Waals surface area contributed by atoms with Crippen LogP contribution >= 0.6 is 0 Å². The standard InChI is InChI=1S/C13H16N2O3/c1-18-13(17)9-15-6-4-10(7-12(15)16)11-3-2-5-14-8-11/h2-3,5,8,10H,4,6-7,9H2,1H3/t10-/m0/s1. The van der Waals surface area contributed by atoms with Crippen molar-refractivity contribution < 1.29 is 14.3 Å². The van der Waals surface area contributed by atoms with Gasteiger partial charge in [0, 0.05) is 25.4 Å². The first-order valence-corrected chi connectivity index (χ1v) is 5.95. The molecule has 18 heavy (non-hydrogen) atoms. The molecule has 1 aliphatic rings. The zero-order valence-electron chi connectivity index (χ0n) is 10.3. The van der Waals surface area contributed by atoms with E-state index in [0.29, 0.717) is 13.0 Å². The van der Waals surface area contributed by atoms with E-state index >= 15 is 0 Å². The lowest BCUT2D eigenvalue weighted by molar-refractivity contribution is -0.148. The Balaban J connectivity index is 1.96. The fourth-order valence-electron chi connectivity index (χ4n) is 2.17. The topological polar surface area (TPSA) is 59.5 Å². The van der Waals surface area contributed by atoms with Gasteiger partial charge >= 0.3 is 5.97 Å². The summed E-state index contributed by atoms with van der Waals surface area (Å²) in [4.78, 5) is 28.7. The van der Waals surface area contributed by atoms with Crippen molar-refractivity contribution in [2.45, 2.75) is 18.8 Å². The van der Waals surface area contributed by atoms with E-state index in [1.54, 1.807) is 17.3 Å². The Kier molecular flexibility index (Phi) is 3.92. The second-order valence-corrected chi connectivity index (χ2v) is 4.37. The van der Waals surface area contributed by atoms with Crippen molar-refractivity contribution in [1.29, 1.82) is 0 Å². The number of nitrogens with zero attached hydrogens (tertiary/aromatic N) is 2. The third kappa shape index (κ3) is 2.85. The molecule has 0 aromatic carbocycles. The normalized spacial score (nSPS) is 19.7. The zero-order valence-corrected chi connectivity index (χ0v) is 10.3. The highest BCUT2D eigenvalue weighted by Crippen LogP contribution is 2.27. The predicted molar refractivity (Wildman–Crippen MR) is 64.8 cm³/mol. The third-order valence-electron chi connectivity index (χ3n) is 3.22. The highest BCUT2D eigenvalue weighted by Gasteiger charge is 2.28. The Morgan fingerprint density at radius 2 is 2.44 bits per heavy atom. The Morgan fingerprint density at radius 3 is 3.06 bits per heavy atom. The maximum absolute atomic E-state index is 11.9. The van der Waals surface area contributed by atoms with Crippen LogP contribution in [0.2, 0.25) is 0 Å². The van der Waals surface area contributed by atoms with E-state index in [1.165, 1.54) is 7.11 Å². The smallest absolute Gasteiger partial charge is 0.325 e. The van der Waals surface area contributed by atoms with Crippen LogP contribution in [0.3, 0.4) is 0 Å². The monoisotopic (exact) mass is 248 g/mol. The van der Waals surface area contributed by atoms with Crippen molar-refractivity contribution in [2.75, 3.05) is 20.2 Å². The molecule has 0 N–H and O–H groups in total. The molecular weight excluding hydrogens is 232 g/mol. The number of aromatic nitrogens is 1. The number of ether oxygens (including phenoxy) is 1. The van der Waals surface area contributed by atoms with Gasteiger partial charge in [0.25, 0.3) is 0 Å². The van der Waals surface area contributed by atoms with E-state index in [0.717, 1.165) is 12.0 Å². The summed E-state index contributed by atoms with van der Waals surface area (Å²) in [7, 11) is 1.33. The minimum atomic E-state index is -0.372. The second-order valence-electron chi connectivity index (χ2n) is 4.37. The van der Waals surface area contributed by atoms with Gasteiger partial charge in [0.1, 0.15) is 6.54 Å². The minimum Gasteiger partial charge on any atom is -0.468 e. The van der Waals surface area contributed by atoms with Gasteiger partial charge in [-0.1, -0.05) is 6.07 Å². The predicted octanol–water partition coefficient (Wildman–Crippen LogP) is 0.961. The van der Waals surface area contributed by atoms with Crippen LogP contribution in [0, 0.1) is 0 Å². The maximum atomic E-state index is 11.9. The fourth-order valence-corrected chi connectivity index (χ4v) is 2.17. The van der Waals surface area contributed by atoms with E-state index in [1.807, 2.05) is 12.1 Å². The average molecular weight is 248 g/mol. The van der Waals surface area contributed by atoms with E-state index in [9.17, 15) is 9.59 Å². The molecule has 1 amide bonds. The highest BCUT2D eigenvalue weighted by atomic mass is 16.5. The van der Waals surface area contributed by atoms with Crippen molar-refractivity contribution in [2.24, 2.45) is 0 Å². The van der Waals surface area contributed by atoms with E-state index in [2.05, 4.69) is 9.72 Å². The van der Waals surface area contributed by atoms with E-state index in [4.69, 9.17) is 0 Å². The van der Waals surface area contributed by atoms with E-state index < -0.39 is 0 Å². The average Bonchev–Trinajstić information content (AvgIpc) is 2.42. The molecule has 2 heterocycles. The van der Waals surface area contributed by atoms with Crippen LogP contribution in [-0.2, 0) is 14.3 Å². The van der Waals surface area contributed by atoms with Gasteiger partial charge in [0.15, 0.2) is 0 Å². The van der Waals surface area contributed by atoms with Crippen LogP contribution in [0.1, 0.15) is 24.3 Å². The van der Waals surface area contributed by atoms with Gasteiger partial charge in [0.05, 0.1) is 7.11 Å². The number of esters is 1. The van der Waals surface area contributed by atoms with Crippen LogP contribution in [0.5, 0.6) is 0 Å². The second kappa shape index (κ2) is 5.62. The van der Waals surface area contributed by atoms with Gasteiger partial charge in [-0.3, -0.25) is 14.6 Å². The number of amides is 1. The lowest BCUT2D eigenvalue weighted by Gasteiger charge is -2.30. The molecule has 1 fully saturated rings. The van der Waals surface area contributed by atoms with Crippen molar-refractivity contribution in [3.8, 4) is 0 Å². The van der Waals surface area contributed by atoms with Gasteiger partial charge in [-0.2, -0.15) is 0 Å². The van der Waals surface area contributed by atoms with Crippen LogP contribution in [0.25, 0.3) is 0 Å². The first kappa shape index (κ1) is 12.5. The summed E-state index contributed by atoms with van der Waals surface area (Å²) < 4.78 is 4.57. The summed E-state index contributed by atoms with van der Waals surface area (Å²) in [6, 6.07) is 3.86. The van der Waals surface area contributed by atoms with Crippen molar-refractivity contribution >= 4 is 11.9 Å². The number of carbonyl (C=O) groups is 2. The number of hydrogen-bond donors (Lipinski definition) is 0. The molecule has 0 bridgehead atoms. The number of piperidine rings is 1. The van der Waals surface area contributed by atoms with Crippen LogP contribution in [-0.4, -0.2) is 42.0 Å². The summed E-state index contributed by atoms with van der Waals surface area (Å²) in [6.07, 6.45) is 4.81. The lowest BCUT2D eigenvalue weighted by Crippen LogP contribution is -2.41. The summed E-state index contributed by atoms with van der Waals surface area (Å²) >= 11 is 0. The molecule has 96 valence electrons. The maximum Gasteiger partial charge on any atom is 0.325 e. The van der Waals surface area contributed by atoms with Gasteiger partial charge in [-0.05, 0) is 24.0 Å². The van der Waals surface area contributed by atoms with Crippen molar-refractivity contribution in [3.63, 3.8) is 0 Å².